The summed E-state index contributed by atoms with van der Waals surface area (Å²) in [4.78, 5) is 11.0. The van der Waals surface area contributed by atoms with Crippen molar-refractivity contribution in [1.82, 2.24) is 5.16 Å². The van der Waals surface area contributed by atoms with Crippen LogP contribution in [0.4, 0.5) is 0 Å². The largest absolute Gasteiger partial charge is 0.481 e. The first-order valence-corrected chi connectivity index (χ1v) is 4.36. The van der Waals surface area contributed by atoms with Gasteiger partial charge in [0.05, 0.1) is 12.1 Å². The van der Waals surface area contributed by atoms with E-state index in [-0.39, 0.29) is 5.92 Å². The molecule has 0 spiro atoms. The first-order chi connectivity index (χ1) is 6.20. The summed E-state index contributed by atoms with van der Waals surface area (Å²) >= 11 is 0. The molecule has 0 radical (unpaired) electrons. The quantitative estimate of drug-likeness (QED) is 0.711. The second-order valence-electron chi connectivity index (χ2n) is 3.54. The van der Waals surface area contributed by atoms with Crippen molar-refractivity contribution in [3.05, 3.63) is 17.5 Å². The molecule has 1 aromatic rings. The van der Waals surface area contributed by atoms with Crippen LogP contribution in [0.3, 0.4) is 0 Å². The van der Waals surface area contributed by atoms with Gasteiger partial charge in [0.15, 0.2) is 0 Å². The van der Waals surface area contributed by atoms with Crippen LogP contribution in [-0.4, -0.2) is 16.2 Å². The minimum absolute atomic E-state index is 0.171. The molecule has 0 fully saturated rings. The number of carbonyl (C=O) groups is 1. The topological polar surface area (TPSA) is 63.3 Å². The number of nitrogens with zero attached hydrogens (tertiary/aromatic N) is 1. The Kier molecular flexibility index (Phi) is 1.83. The second kappa shape index (κ2) is 2.87. The van der Waals surface area contributed by atoms with E-state index in [0.717, 1.165) is 24.2 Å². The average Bonchev–Trinajstić information content (AvgIpc) is 2.50. The van der Waals surface area contributed by atoms with E-state index in [1.54, 1.807) is 0 Å². The highest BCUT2D eigenvalue weighted by atomic mass is 16.5. The average molecular weight is 181 g/mol. The van der Waals surface area contributed by atoms with Crippen molar-refractivity contribution < 1.29 is 14.4 Å². The van der Waals surface area contributed by atoms with E-state index < -0.39 is 11.9 Å². The van der Waals surface area contributed by atoms with Crippen LogP contribution in [0, 0.1) is 5.92 Å². The van der Waals surface area contributed by atoms with Crippen molar-refractivity contribution in [3.63, 3.8) is 0 Å². The third-order valence-electron chi connectivity index (χ3n) is 2.67. The minimum Gasteiger partial charge on any atom is -0.481 e. The SMILES string of the molecule is CC1CCc2oncc2C1C(=O)O. The van der Waals surface area contributed by atoms with Crippen molar-refractivity contribution >= 4 is 5.97 Å². The van der Waals surface area contributed by atoms with Crippen molar-refractivity contribution in [3.8, 4) is 0 Å². The van der Waals surface area contributed by atoms with E-state index >= 15 is 0 Å². The predicted octanol–water partition coefficient (Wildman–Crippen LogP) is 1.43. The third-order valence-corrected chi connectivity index (χ3v) is 2.67. The number of hydrogen-bond acceptors (Lipinski definition) is 3. The molecular weight excluding hydrogens is 170 g/mol. The van der Waals surface area contributed by atoms with Gasteiger partial charge in [0, 0.05) is 12.0 Å². The molecule has 4 heteroatoms. The van der Waals surface area contributed by atoms with Gasteiger partial charge in [-0.25, -0.2) is 0 Å². The summed E-state index contributed by atoms with van der Waals surface area (Å²) in [7, 11) is 0. The number of hydrogen-bond donors (Lipinski definition) is 1. The Labute approximate surface area is 75.5 Å². The van der Waals surface area contributed by atoms with Gasteiger partial charge in [-0.2, -0.15) is 0 Å². The number of rotatable bonds is 1. The summed E-state index contributed by atoms with van der Waals surface area (Å²) < 4.78 is 4.97. The lowest BCUT2D eigenvalue weighted by molar-refractivity contribution is -0.140. The highest BCUT2D eigenvalue weighted by Crippen LogP contribution is 2.35. The van der Waals surface area contributed by atoms with Crippen LogP contribution in [0.15, 0.2) is 10.7 Å². The zero-order chi connectivity index (χ0) is 9.42. The molecular formula is C9H11NO3. The monoisotopic (exact) mass is 181 g/mol. The molecule has 0 amide bonds. The molecule has 1 aliphatic carbocycles. The van der Waals surface area contributed by atoms with Crippen molar-refractivity contribution in [2.24, 2.45) is 5.92 Å². The van der Waals surface area contributed by atoms with Crippen LogP contribution in [0.2, 0.25) is 0 Å². The van der Waals surface area contributed by atoms with E-state index in [9.17, 15) is 4.79 Å². The van der Waals surface area contributed by atoms with Gasteiger partial charge < -0.3 is 9.63 Å². The van der Waals surface area contributed by atoms with Crippen LogP contribution >= 0.6 is 0 Å². The maximum atomic E-state index is 11.0. The molecule has 2 unspecified atom stereocenters. The minimum atomic E-state index is -0.781. The summed E-state index contributed by atoms with van der Waals surface area (Å²) in [5.74, 6) is -0.304. The lowest BCUT2D eigenvalue weighted by Crippen LogP contribution is -2.24. The smallest absolute Gasteiger partial charge is 0.311 e. The van der Waals surface area contributed by atoms with Crippen molar-refractivity contribution in [2.75, 3.05) is 0 Å². The van der Waals surface area contributed by atoms with Gasteiger partial charge >= 0.3 is 5.97 Å². The summed E-state index contributed by atoms with van der Waals surface area (Å²) in [5, 5.41) is 12.6. The molecule has 70 valence electrons. The summed E-state index contributed by atoms with van der Waals surface area (Å²) in [6.07, 6.45) is 3.20. The van der Waals surface area contributed by atoms with E-state index in [2.05, 4.69) is 5.16 Å². The van der Waals surface area contributed by atoms with Gasteiger partial charge in [-0.3, -0.25) is 4.79 Å². The molecule has 2 rings (SSSR count). The number of carboxylic acid groups (broad SMARTS) is 1. The maximum absolute atomic E-state index is 11.0. The Morgan fingerprint density at radius 1 is 1.77 bits per heavy atom. The number of aliphatic carboxylic acids is 1. The van der Waals surface area contributed by atoms with Crippen LogP contribution < -0.4 is 0 Å². The normalized spacial score (nSPS) is 26.8. The van der Waals surface area contributed by atoms with E-state index in [4.69, 9.17) is 9.63 Å². The molecule has 2 atom stereocenters. The van der Waals surface area contributed by atoms with Gasteiger partial charge in [-0.1, -0.05) is 12.1 Å². The van der Waals surface area contributed by atoms with Gasteiger partial charge in [-0.15, -0.1) is 0 Å². The fourth-order valence-corrected chi connectivity index (χ4v) is 1.92. The first-order valence-electron chi connectivity index (χ1n) is 4.36. The zero-order valence-electron chi connectivity index (χ0n) is 7.36. The lowest BCUT2D eigenvalue weighted by atomic mass is 9.79. The Balaban J connectivity index is 2.41. The molecule has 4 nitrogen and oxygen atoms in total. The number of aryl methyl sites for hydroxylation is 1. The molecule has 1 aromatic heterocycles. The Bertz CT molecular complexity index is 331. The Morgan fingerprint density at radius 3 is 3.23 bits per heavy atom. The number of fused-ring (bicyclic) bond motifs is 1. The molecule has 1 N–H and O–H groups in total. The molecule has 0 saturated carbocycles. The Morgan fingerprint density at radius 2 is 2.54 bits per heavy atom. The Hall–Kier alpha value is -1.32. The van der Waals surface area contributed by atoms with Gasteiger partial charge in [0.25, 0.3) is 0 Å². The van der Waals surface area contributed by atoms with Gasteiger partial charge in [0.2, 0.25) is 0 Å². The van der Waals surface area contributed by atoms with E-state index in [0.29, 0.717) is 0 Å². The van der Waals surface area contributed by atoms with Crippen LogP contribution in [0.25, 0.3) is 0 Å². The number of carboxylic acids is 1. The molecule has 0 bridgehead atoms. The molecule has 0 aliphatic heterocycles. The maximum Gasteiger partial charge on any atom is 0.311 e. The lowest BCUT2D eigenvalue weighted by Gasteiger charge is -2.23. The van der Waals surface area contributed by atoms with E-state index in [1.165, 1.54) is 6.20 Å². The highest BCUT2D eigenvalue weighted by Gasteiger charge is 2.34. The van der Waals surface area contributed by atoms with E-state index in [1.807, 2.05) is 6.92 Å². The van der Waals surface area contributed by atoms with Gasteiger partial charge in [0.1, 0.15) is 5.76 Å². The molecule has 13 heavy (non-hydrogen) atoms. The fourth-order valence-electron chi connectivity index (χ4n) is 1.92. The summed E-state index contributed by atoms with van der Waals surface area (Å²) in [5.41, 5.74) is 0.756. The predicted molar refractivity (Wildman–Crippen MR) is 44.4 cm³/mol. The first kappa shape index (κ1) is 8.29. The molecule has 0 saturated heterocycles. The molecule has 0 aromatic carbocycles. The van der Waals surface area contributed by atoms with Crippen LogP contribution in [-0.2, 0) is 11.2 Å². The fraction of sp³-hybridized carbons (Fsp3) is 0.556. The van der Waals surface area contributed by atoms with Crippen LogP contribution in [0.1, 0.15) is 30.6 Å². The molecule has 1 heterocycles. The van der Waals surface area contributed by atoms with Crippen LogP contribution in [0.5, 0.6) is 0 Å². The second-order valence-corrected chi connectivity index (χ2v) is 3.54. The standard InChI is InChI=1S/C9H11NO3/c1-5-2-3-7-6(4-10-13-7)8(5)9(11)12/h4-5,8H,2-3H2,1H3,(H,11,12). The van der Waals surface area contributed by atoms with Crippen molar-refractivity contribution in [2.45, 2.75) is 25.7 Å². The summed E-state index contributed by atoms with van der Waals surface area (Å²) in [6, 6.07) is 0. The third kappa shape index (κ3) is 1.22. The molecule has 1 aliphatic rings. The van der Waals surface area contributed by atoms with Gasteiger partial charge in [-0.05, 0) is 12.3 Å². The van der Waals surface area contributed by atoms with Crippen molar-refractivity contribution in [1.29, 1.82) is 0 Å². The zero-order valence-corrected chi connectivity index (χ0v) is 7.36. The summed E-state index contributed by atoms with van der Waals surface area (Å²) in [6.45, 7) is 1.95. The number of aromatic nitrogens is 1. The highest BCUT2D eigenvalue weighted by molar-refractivity contribution is 5.77.